The van der Waals surface area contributed by atoms with Gasteiger partial charge in [-0.25, -0.2) is 9.97 Å². The second-order valence-electron chi connectivity index (χ2n) is 9.17. The highest BCUT2D eigenvalue weighted by Crippen LogP contribution is 2.42. The average molecular weight is 521 g/mol. The van der Waals surface area contributed by atoms with Gasteiger partial charge in [0.2, 0.25) is 0 Å². The standard InChI is InChI=1S/C27H25ClN4O3S/c28-18-7-10-22(29)20(12-18)27(35)32-19-8-5-17(6-9-19)24-26-25(31-14-30-24)21(13-36-26)16-3-1-15(2-4-16)11-23(33)34/h5-10,12-16H,1-4,11,29H2,(H,32,35)(H,33,34). The van der Waals surface area contributed by atoms with Gasteiger partial charge in [-0.3, -0.25) is 9.59 Å². The van der Waals surface area contributed by atoms with E-state index >= 15 is 0 Å². The first-order chi connectivity index (χ1) is 17.4. The van der Waals surface area contributed by atoms with E-state index in [1.54, 1.807) is 35.9 Å². The molecule has 5 rings (SSSR count). The third-order valence-corrected chi connectivity index (χ3v) is 8.04. The van der Waals surface area contributed by atoms with Crippen LogP contribution in [-0.2, 0) is 4.79 Å². The summed E-state index contributed by atoms with van der Waals surface area (Å²) in [5, 5.41) is 14.6. The number of amides is 1. The van der Waals surface area contributed by atoms with Crippen LogP contribution in [0, 0.1) is 5.92 Å². The SMILES string of the molecule is Nc1ccc(Cl)cc1C(=O)Nc1ccc(-c2ncnc3c(C4CCC(CC(=O)O)CC4)csc23)cc1. The number of carbonyl (C=O) groups excluding carboxylic acids is 1. The Balaban J connectivity index is 1.33. The number of hydrogen-bond acceptors (Lipinski definition) is 6. The highest BCUT2D eigenvalue weighted by atomic mass is 35.5. The third kappa shape index (κ3) is 5.05. The normalized spacial score (nSPS) is 17.7. The second-order valence-corrected chi connectivity index (χ2v) is 10.5. The number of nitrogens with one attached hydrogen (secondary N) is 1. The molecule has 1 saturated carbocycles. The summed E-state index contributed by atoms with van der Waals surface area (Å²) in [6.45, 7) is 0. The fourth-order valence-corrected chi connectivity index (χ4v) is 6.21. The van der Waals surface area contributed by atoms with Crippen molar-refractivity contribution >= 4 is 56.4 Å². The molecule has 1 aliphatic rings. The second kappa shape index (κ2) is 10.2. The first-order valence-electron chi connectivity index (χ1n) is 11.8. The van der Waals surface area contributed by atoms with Crippen LogP contribution >= 0.6 is 22.9 Å². The summed E-state index contributed by atoms with van der Waals surface area (Å²) < 4.78 is 1.03. The number of thiophene rings is 1. The number of carboxylic acids is 1. The van der Waals surface area contributed by atoms with Gasteiger partial charge in [-0.05, 0) is 78.8 Å². The number of carbonyl (C=O) groups is 2. The molecule has 2 aromatic heterocycles. The molecule has 9 heteroatoms. The number of benzene rings is 2. The molecule has 0 aliphatic heterocycles. The van der Waals surface area contributed by atoms with Crippen LogP contribution < -0.4 is 11.1 Å². The predicted molar refractivity (Wildman–Crippen MR) is 144 cm³/mol. The van der Waals surface area contributed by atoms with E-state index in [4.69, 9.17) is 22.4 Å². The highest BCUT2D eigenvalue weighted by Gasteiger charge is 2.26. The molecule has 2 aromatic carbocycles. The summed E-state index contributed by atoms with van der Waals surface area (Å²) in [4.78, 5) is 32.8. The number of aliphatic carboxylic acids is 1. The van der Waals surface area contributed by atoms with Crippen LogP contribution in [0.1, 0.15) is 53.9 Å². The van der Waals surface area contributed by atoms with Crippen LogP contribution in [0.2, 0.25) is 5.02 Å². The first-order valence-corrected chi connectivity index (χ1v) is 13.1. The van der Waals surface area contributed by atoms with Crippen LogP contribution in [0.4, 0.5) is 11.4 Å². The Morgan fingerprint density at radius 1 is 1.08 bits per heavy atom. The minimum atomic E-state index is -0.712. The van der Waals surface area contributed by atoms with Crippen molar-refractivity contribution in [2.24, 2.45) is 5.92 Å². The Morgan fingerprint density at radius 2 is 1.83 bits per heavy atom. The number of nitrogens with two attached hydrogens (primary N) is 1. The third-order valence-electron chi connectivity index (χ3n) is 6.81. The number of halogens is 1. The number of hydrogen-bond donors (Lipinski definition) is 3. The van der Waals surface area contributed by atoms with Crippen molar-refractivity contribution in [1.29, 1.82) is 0 Å². The lowest BCUT2D eigenvalue weighted by atomic mass is 9.78. The van der Waals surface area contributed by atoms with Crippen LogP contribution in [0.5, 0.6) is 0 Å². The lowest BCUT2D eigenvalue weighted by molar-refractivity contribution is -0.138. The van der Waals surface area contributed by atoms with Crippen LogP contribution in [0.15, 0.2) is 54.2 Å². The summed E-state index contributed by atoms with van der Waals surface area (Å²) in [5.74, 6) is -0.379. The van der Waals surface area contributed by atoms with E-state index in [1.165, 1.54) is 5.56 Å². The highest BCUT2D eigenvalue weighted by molar-refractivity contribution is 7.17. The van der Waals surface area contributed by atoms with Crippen molar-refractivity contribution in [1.82, 2.24) is 9.97 Å². The average Bonchev–Trinajstić information content (AvgIpc) is 3.30. The Hall–Kier alpha value is -3.49. The number of anilines is 2. The van der Waals surface area contributed by atoms with E-state index in [0.29, 0.717) is 27.9 Å². The lowest BCUT2D eigenvalue weighted by Crippen LogP contribution is -2.16. The summed E-state index contributed by atoms with van der Waals surface area (Å²) in [6, 6.07) is 12.3. The van der Waals surface area contributed by atoms with Crippen molar-refractivity contribution in [2.45, 2.75) is 38.0 Å². The molecule has 0 saturated heterocycles. The minimum absolute atomic E-state index is 0.256. The fourth-order valence-electron chi connectivity index (χ4n) is 4.92. The Kier molecular flexibility index (Phi) is 6.89. The number of fused-ring (bicyclic) bond motifs is 1. The van der Waals surface area contributed by atoms with Gasteiger partial charge >= 0.3 is 5.97 Å². The number of nitrogen functional groups attached to an aromatic ring is 1. The molecule has 2 heterocycles. The lowest BCUT2D eigenvalue weighted by Gasteiger charge is -2.27. The molecule has 4 N–H and O–H groups in total. The Bertz CT molecular complexity index is 1430. The maximum atomic E-state index is 12.6. The van der Waals surface area contributed by atoms with Gasteiger partial charge in [0, 0.05) is 28.4 Å². The molecular weight excluding hydrogens is 496 g/mol. The van der Waals surface area contributed by atoms with E-state index in [9.17, 15) is 9.59 Å². The quantitative estimate of drug-likeness (QED) is 0.247. The van der Waals surface area contributed by atoms with Gasteiger partial charge in [-0.15, -0.1) is 11.3 Å². The maximum absolute atomic E-state index is 12.6. The zero-order valence-electron chi connectivity index (χ0n) is 19.4. The monoisotopic (exact) mass is 520 g/mol. The number of aromatic nitrogens is 2. The van der Waals surface area contributed by atoms with Gasteiger partial charge in [0.25, 0.3) is 5.91 Å². The van der Waals surface area contributed by atoms with Gasteiger partial charge in [-0.1, -0.05) is 23.7 Å². The molecule has 0 unspecified atom stereocenters. The first kappa shape index (κ1) is 24.2. The van der Waals surface area contributed by atoms with Crippen LogP contribution in [0.3, 0.4) is 0 Å². The Morgan fingerprint density at radius 3 is 2.56 bits per heavy atom. The molecule has 7 nitrogen and oxygen atoms in total. The molecule has 184 valence electrons. The van der Waals surface area contributed by atoms with Crippen molar-refractivity contribution in [2.75, 3.05) is 11.1 Å². The molecule has 0 bridgehead atoms. The van der Waals surface area contributed by atoms with E-state index in [2.05, 4.69) is 20.7 Å². The van der Waals surface area contributed by atoms with E-state index in [1.807, 2.05) is 24.3 Å². The minimum Gasteiger partial charge on any atom is -0.481 e. The van der Waals surface area contributed by atoms with Gasteiger partial charge in [0.1, 0.15) is 6.33 Å². The molecule has 0 atom stereocenters. The molecule has 4 aromatic rings. The number of nitrogens with zero attached hydrogens (tertiary/aromatic N) is 2. The molecule has 36 heavy (non-hydrogen) atoms. The van der Waals surface area contributed by atoms with E-state index in [-0.39, 0.29) is 18.2 Å². The van der Waals surface area contributed by atoms with Crippen molar-refractivity contribution in [3.05, 3.63) is 70.3 Å². The smallest absolute Gasteiger partial charge is 0.303 e. The summed E-state index contributed by atoms with van der Waals surface area (Å²) in [6.07, 6.45) is 5.68. The molecule has 1 aliphatic carbocycles. The molecule has 1 amide bonds. The molecular formula is C27H25ClN4O3S. The number of rotatable bonds is 6. The topological polar surface area (TPSA) is 118 Å². The molecule has 0 radical (unpaired) electrons. The Labute approximate surface area is 217 Å². The van der Waals surface area contributed by atoms with Gasteiger partial charge < -0.3 is 16.2 Å². The van der Waals surface area contributed by atoms with E-state index < -0.39 is 5.97 Å². The zero-order valence-corrected chi connectivity index (χ0v) is 21.0. The summed E-state index contributed by atoms with van der Waals surface area (Å²) >= 11 is 7.65. The van der Waals surface area contributed by atoms with Crippen molar-refractivity contribution in [3.8, 4) is 11.3 Å². The summed E-state index contributed by atoms with van der Waals surface area (Å²) in [7, 11) is 0. The fraction of sp³-hybridized carbons (Fsp3) is 0.259. The van der Waals surface area contributed by atoms with Gasteiger partial charge in [-0.2, -0.15) is 0 Å². The zero-order chi connectivity index (χ0) is 25.2. The summed E-state index contributed by atoms with van der Waals surface area (Å²) in [5.41, 5.74) is 11.2. The van der Waals surface area contributed by atoms with Gasteiger partial charge in [0.15, 0.2) is 0 Å². The van der Waals surface area contributed by atoms with E-state index in [0.717, 1.165) is 47.2 Å². The molecule has 1 fully saturated rings. The van der Waals surface area contributed by atoms with Crippen LogP contribution in [0.25, 0.3) is 21.5 Å². The van der Waals surface area contributed by atoms with Crippen molar-refractivity contribution < 1.29 is 14.7 Å². The van der Waals surface area contributed by atoms with Crippen LogP contribution in [-0.4, -0.2) is 27.0 Å². The van der Waals surface area contributed by atoms with Gasteiger partial charge in [0.05, 0.1) is 21.5 Å². The largest absolute Gasteiger partial charge is 0.481 e. The predicted octanol–water partition coefficient (Wildman–Crippen LogP) is 6.59. The molecule has 0 spiro atoms. The number of carboxylic acid groups (broad SMARTS) is 1. The maximum Gasteiger partial charge on any atom is 0.303 e. The van der Waals surface area contributed by atoms with Crippen molar-refractivity contribution in [3.63, 3.8) is 0 Å².